The molecule has 0 spiro atoms. The minimum absolute atomic E-state index is 0.220. The number of carbonyl (C=O) groups excluding carboxylic acids is 1. The second-order valence-corrected chi connectivity index (χ2v) is 2.55. The zero-order chi connectivity index (χ0) is 6.69. The molecule has 0 bridgehead atoms. The number of rotatable bonds is 2. The summed E-state index contributed by atoms with van der Waals surface area (Å²) in [5.41, 5.74) is 0. The Labute approximate surface area is 55.2 Å². The zero-order valence-electron chi connectivity index (χ0n) is 5.67. The molecule has 1 saturated heterocycles. The molecule has 0 amide bonds. The lowest BCUT2D eigenvalue weighted by atomic mass is 10.2. The van der Waals surface area contributed by atoms with E-state index in [0.717, 1.165) is 19.1 Å². The number of hydrogen-bond donors (Lipinski definition) is 0. The molecule has 2 nitrogen and oxygen atoms in total. The van der Waals surface area contributed by atoms with E-state index < -0.39 is 0 Å². The van der Waals surface area contributed by atoms with Crippen LogP contribution in [0.2, 0.25) is 0 Å². The highest BCUT2D eigenvalue weighted by atomic mass is 16.5. The minimum Gasteiger partial charge on any atom is -0.375 e. The molecule has 1 aliphatic heterocycles. The van der Waals surface area contributed by atoms with E-state index in [1.165, 1.54) is 0 Å². The van der Waals surface area contributed by atoms with Gasteiger partial charge in [0.15, 0.2) is 0 Å². The lowest BCUT2D eigenvalue weighted by Gasteiger charge is -2.05. The Balaban J connectivity index is 2.21. The molecule has 1 rings (SSSR count). The highest BCUT2D eigenvalue weighted by molar-refractivity contribution is 5.50. The van der Waals surface area contributed by atoms with E-state index >= 15 is 0 Å². The predicted octanol–water partition coefficient (Wildman–Crippen LogP) is 1.14. The number of aldehydes is 1. The SMILES string of the molecule is CC1CCC(CC=O)O1. The van der Waals surface area contributed by atoms with Gasteiger partial charge in [-0.3, -0.25) is 0 Å². The van der Waals surface area contributed by atoms with Gasteiger partial charge in [-0.1, -0.05) is 0 Å². The van der Waals surface area contributed by atoms with Crippen molar-refractivity contribution in [3.05, 3.63) is 0 Å². The van der Waals surface area contributed by atoms with E-state index in [1.807, 2.05) is 6.92 Å². The molecule has 1 heterocycles. The highest BCUT2D eigenvalue weighted by Gasteiger charge is 2.20. The van der Waals surface area contributed by atoms with Gasteiger partial charge < -0.3 is 9.53 Å². The predicted molar refractivity (Wildman–Crippen MR) is 34.2 cm³/mol. The summed E-state index contributed by atoms with van der Waals surface area (Å²) in [6.07, 6.45) is 4.26. The maximum atomic E-state index is 9.99. The molecule has 1 aliphatic rings. The fourth-order valence-electron chi connectivity index (χ4n) is 1.17. The standard InChI is InChI=1S/C7H12O2/c1-6-2-3-7(9-6)4-5-8/h5-7H,2-4H2,1H3. The van der Waals surface area contributed by atoms with Crippen molar-refractivity contribution in [1.29, 1.82) is 0 Å². The normalized spacial score (nSPS) is 34.8. The van der Waals surface area contributed by atoms with Crippen LogP contribution in [0.3, 0.4) is 0 Å². The smallest absolute Gasteiger partial charge is 0.122 e. The van der Waals surface area contributed by atoms with Crippen molar-refractivity contribution in [2.75, 3.05) is 0 Å². The zero-order valence-corrected chi connectivity index (χ0v) is 5.67. The highest BCUT2D eigenvalue weighted by Crippen LogP contribution is 2.20. The quantitative estimate of drug-likeness (QED) is 0.521. The van der Waals surface area contributed by atoms with E-state index in [2.05, 4.69) is 0 Å². The summed E-state index contributed by atoms with van der Waals surface area (Å²) >= 11 is 0. The summed E-state index contributed by atoms with van der Waals surface area (Å²) in [6, 6.07) is 0. The first kappa shape index (κ1) is 6.75. The van der Waals surface area contributed by atoms with Gasteiger partial charge in [-0.2, -0.15) is 0 Å². The van der Waals surface area contributed by atoms with Crippen LogP contribution in [0.15, 0.2) is 0 Å². The van der Waals surface area contributed by atoms with Crippen LogP contribution in [-0.4, -0.2) is 18.5 Å². The molecule has 52 valence electrons. The van der Waals surface area contributed by atoms with Gasteiger partial charge in [0.2, 0.25) is 0 Å². The first-order valence-corrected chi connectivity index (χ1v) is 3.42. The van der Waals surface area contributed by atoms with Crippen LogP contribution in [-0.2, 0) is 9.53 Å². The van der Waals surface area contributed by atoms with Crippen molar-refractivity contribution in [3.8, 4) is 0 Å². The van der Waals surface area contributed by atoms with Crippen LogP contribution >= 0.6 is 0 Å². The van der Waals surface area contributed by atoms with Gasteiger partial charge in [0.05, 0.1) is 12.2 Å². The van der Waals surface area contributed by atoms with Crippen molar-refractivity contribution >= 4 is 6.29 Å². The summed E-state index contributed by atoms with van der Waals surface area (Å²) in [4.78, 5) is 9.99. The van der Waals surface area contributed by atoms with E-state index in [1.54, 1.807) is 0 Å². The number of carbonyl (C=O) groups is 1. The molecule has 0 saturated carbocycles. The van der Waals surface area contributed by atoms with Crippen molar-refractivity contribution in [3.63, 3.8) is 0 Å². The molecule has 2 heteroatoms. The Hall–Kier alpha value is -0.370. The molecular weight excluding hydrogens is 116 g/mol. The molecule has 0 aromatic carbocycles. The fourth-order valence-corrected chi connectivity index (χ4v) is 1.17. The van der Waals surface area contributed by atoms with Crippen molar-refractivity contribution in [2.45, 2.75) is 38.4 Å². The second kappa shape index (κ2) is 2.97. The average Bonchev–Trinajstić information content (AvgIpc) is 2.17. The molecule has 0 radical (unpaired) electrons. The van der Waals surface area contributed by atoms with E-state index in [0.29, 0.717) is 12.5 Å². The Bertz CT molecular complexity index is 101. The third-order valence-electron chi connectivity index (χ3n) is 1.68. The summed E-state index contributed by atoms with van der Waals surface area (Å²) < 4.78 is 5.37. The summed E-state index contributed by atoms with van der Waals surface area (Å²) in [5.74, 6) is 0. The second-order valence-electron chi connectivity index (χ2n) is 2.55. The van der Waals surface area contributed by atoms with Crippen molar-refractivity contribution in [1.82, 2.24) is 0 Å². The molecule has 2 unspecified atom stereocenters. The van der Waals surface area contributed by atoms with Crippen molar-refractivity contribution < 1.29 is 9.53 Å². The van der Waals surface area contributed by atoms with Crippen LogP contribution < -0.4 is 0 Å². The monoisotopic (exact) mass is 128 g/mol. The van der Waals surface area contributed by atoms with E-state index in [4.69, 9.17) is 4.74 Å². The largest absolute Gasteiger partial charge is 0.375 e. The van der Waals surface area contributed by atoms with Crippen LogP contribution in [0, 0.1) is 0 Å². The lowest BCUT2D eigenvalue weighted by Crippen LogP contribution is -2.07. The number of ether oxygens (including phenoxy) is 1. The van der Waals surface area contributed by atoms with Crippen LogP contribution in [0.25, 0.3) is 0 Å². The van der Waals surface area contributed by atoms with Gasteiger partial charge in [0, 0.05) is 6.42 Å². The maximum absolute atomic E-state index is 9.99. The Kier molecular flexibility index (Phi) is 2.22. The first-order chi connectivity index (χ1) is 4.33. The lowest BCUT2D eigenvalue weighted by molar-refractivity contribution is -0.110. The van der Waals surface area contributed by atoms with Gasteiger partial charge in [-0.05, 0) is 19.8 Å². The van der Waals surface area contributed by atoms with Crippen LogP contribution in [0.1, 0.15) is 26.2 Å². The van der Waals surface area contributed by atoms with Gasteiger partial charge in [0.25, 0.3) is 0 Å². The summed E-state index contributed by atoms with van der Waals surface area (Å²) in [7, 11) is 0. The maximum Gasteiger partial charge on any atom is 0.122 e. The van der Waals surface area contributed by atoms with E-state index in [-0.39, 0.29) is 6.10 Å². The van der Waals surface area contributed by atoms with Gasteiger partial charge in [0.1, 0.15) is 6.29 Å². The molecule has 2 atom stereocenters. The molecule has 0 aliphatic carbocycles. The first-order valence-electron chi connectivity index (χ1n) is 3.42. The average molecular weight is 128 g/mol. The molecular formula is C7H12O2. The van der Waals surface area contributed by atoms with E-state index in [9.17, 15) is 4.79 Å². The summed E-state index contributed by atoms with van der Waals surface area (Å²) in [6.45, 7) is 2.05. The third kappa shape index (κ3) is 1.79. The van der Waals surface area contributed by atoms with Gasteiger partial charge in [-0.15, -0.1) is 0 Å². The summed E-state index contributed by atoms with van der Waals surface area (Å²) in [5, 5.41) is 0. The fraction of sp³-hybridized carbons (Fsp3) is 0.857. The van der Waals surface area contributed by atoms with Crippen molar-refractivity contribution in [2.24, 2.45) is 0 Å². The van der Waals surface area contributed by atoms with Gasteiger partial charge in [-0.25, -0.2) is 0 Å². The topological polar surface area (TPSA) is 26.3 Å². The Morgan fingerprint density at radius 2 is 2.44 bits per heavy atom. The van der Waals surface area contributed by atoms with Crippen LogP contribution in [0.4, 0.5) is 0 Å². The van der Waals surface area contributed by atoms with Crippen LogP contribution in [0.5, 0.6) is 0 Å². The molecule has 1 fully saturated rings. The Morgan fingerprint density at radius 3 is 2.89 bits per heavy atom. The molecule has 9 heavy (non-hydrogen) atoms. The Morgan fingerprint density at radius 1 is 1.67 bits per heavy atom. The molecule has 0 aromatic rings. The number of hydrogen-bond acceptors (Lipinski definition) is 2. The third-order valence-corrected chi connectivity index (χ3v) is 1.68. The molecule has 0 aromatic heterocycles. The molecule has 0 N–H and O–H groups in total. The van der Waals surface area contributed by atoms with Gasteiger partial charge >= 0.3 is 0 Å². The minimum atomic E-state index is 0.220.